The van der Waals surface area contributed by atoms with Gasteiger partial charge in [0.2, 0.25) is 5.95 Å². The number of rotatable bonds is 1. The van der Waals surface area contributed by atoms with Gasteiger partial charge in [-0.15, -0.1) is 0 Å². The molecule has 0 radical (unpaired) electrons. The summed E-state index contributed by atoms with van der Waals surface area (Å²) in [6.07, 6.45) is 5.26. The molecule has 0 spiro atoms. The smallest absolute Gasteiger partial charge is 0.220 e. The number of aromatic nitrogens is 2. The lowest BCUT2D eigenvalue weighted by atomic mass is 9.95. The fraction of sp³-hybridized carbons (Fsp3) is 0.636. The van der Waals surface area contributed by atoms with E-state index >= 15 is 0 Å². The van der Waals surface area contributed by atoms with Gasteiger partial charge >= 0.3 is 0 Å². The largest absolute Gasteiger partial charge is 0.368 e. The van der Waals surface area contributed by atoms with Crippen molar-refractivity contribution in [2.24, 2.45) is 0 Å². The molecule has 0 amide bonds. The maximum atomic E-state index is 5.60. The molecule has 14 heavy (non-hydrogen) atoms. The van der Waals surface area contributed by atoms with Crippen LogP contribution in [-0.4, -0.2) is 9.97 Å². The topological polar surface area (TPSA) is 51.8 Å². The van der Waals surface area contributed by atoms with Gasteiger partial charge in [0.15, 0.2) is 0 Å². The molecular weight excluding hydrogens is 174 g/mol. The van der Waals surface area contributed by atoms with Crippen molar-refractivity contribution in [3.05, 3.63) is 17.0 Å². The summed E-state index contributed by atoms with van der Waals surface area (Å²) in [6, 6.07) is 0. The van der Waals surface area contributed by atoms with Crippen LogP contribution in [0.5, 0.6) is 0 Å². The molecule has 0 atom stereocenters. The summed E-state index contributed by atoms with van der Waals surface area (Å²) in [5.74, 6) is 1.08. The van der Waals surface area contributed by atoms with Crippen molar-refractivity contribution in [1.29, 1.82) is 0 Å². The van der Waals surface area contributed by atoms with E-state index in [0.29, 0.717) is 11.9 Å². The van der Waals surface area contributed by atoms with E-state index in [2.05, 4.69) is 9.97 Å². The third-order valence-corrected chi connectivity index (χ3v) is 3.11. The average molecular weight is 191 g/mol. The van der Waals surface area contributed by atoms with Crippen molar-refractivity contribution in [2.45, 2.75) is 45.4 Å². The van der Waals surface area contributed by atoms with E-state index < -0.39 is 0 Å². The molecule has 1 aliphatic carbocycles. The molecule has 0 saturated heterocycles. The normalized spacial score (nSPS) is 17.6. The van der Waals surface area contributed by atoms with E-state index in [0.717, 1.165) is 11.4 Å². The van der Waals surface area contributed by atoms with Crippen molar-refractivity contribution in [1.82, 2.24) is 9.97 Å². The Bertz CT molecular complexity index is 317. The summed E-state index contributed by atoms with van der Waals surface area (Å²) >= 11 is 0. The molecular formula is C11H17N3. The Morgan fingerprint density at radius 3 is 2.07 bits per heavy atom. The average Bonchev–Trinajstić information content (AvgIpc) is 2.54. The van der Waals surface area contributed by atoms with Crippen LogP contribution in [0.1, 0.15) is 48.6 Å². The zero-order valence-electron chi connectivity index (χ0n) is 8.88. The first kappa shape index (κ1) is 9.44. The zero-order valence-corrected chi connectivity index (χ0v) is 8.88. The summed E-state index contributed by atoms with van der Waals surface area (Å²) in [6.45, 7) is 4.08. The number of hydrogen-bond donors (Lipinski definition) is 1. The highest BCUT2D eigenvalue weighted by Crippen LogP contribution is 2.36. The van der Waals surface area contributed by atoms with Gasteiger partial charge < -0.3 is 5.73 Å². The molecule has 1 saturated carbocycles. The lowest BCUT2D eigenvalue weighted by Crippen LogP contribution is -2.07. The lowest BCUT2D eigenvalue weighted by Gasteiger charge is -2.14. The zero-order chi connectivity index (χ0) is 10.1. The summed E-state index contributed by atoms with van der Waals surface area (Å²) in [4.78, 5) is 8.49. The van der Waals surface area contributed by atoms with Crippen LogP contribution in [0, 0.1) is 13.8 Å². The van der Waals surface area contributed by atoms with Crippen molar-refractivity contribution in [3.63, 3.8) is 0 Å². The van der Waals surface area contributed by atoms with Crippen LogP contribution in [0.2, 0.25) is 0 Å². The molecule has 2 rings (SSSR count). The highest BCUT2D eigenvalue weighted by atomic mass is 15.0. The van der Waals surface area contributed by atoms with Crippen LogP contribution >= 0.6 is 0 Å². The highest BCUT2D eigenvalue weighted by molar-refractivity contribution is 5.33. The van der Waals surface area contributed by atoms with Crippen LogP contribution in [0.3, 0.4) is 0 Å². The second-order valence-corrected chi connectivity index (χ2v) is 4.15. The molecule has 1 fully saturated rings. The van der Waals surface area contributed by atoms with Gasteiger partial charge in [0, 0.05) is 11.4 Å². The van der Waals surface area contributed by atoms with E-state index in [1.807, 2.05) is 13.8 Å². The number of aryl methyl sites for hydroxylation is 2. The lowest BCUT2D eigenvalue weighted by molar-refractivity contribution is 0.699. The molecule has 2 N–H and O–H groups in total. The summed E-state index contributed by atoms with van der Waals surface area (Å²) in [7, 11) is 0. The first-order chi connectivity index (χ1) is 6.68. The molecule has 0 bridgehead atoms. The van der Waals surface area contributed by atoms with E-state index in [4.69, 9.17) is 5.73 Å². The predicted molar refractivity (Wildman–Crippen MR) is 57.1 cm³/mol. The van der Waals surface area contributed by atoms with Crippen LogP contribution in [0.4, 0.5) is 5.95 Å². The van der Waals surface area contributed by atoms with Gasteiger partial charge in [-0.05, 0) is 38.2 Å². The first-order valence-corrected chi connectivity index (χ1v) is 5.29. The van der Waals surface area contributed by atoms with Crippen LogP contribution in [-0.2, 0) is 0 Å². The minimum Gasteiger partial charge on any atom is -0.368 e. The van der Waals surface area contributed by atoms with E-state index in [-0.39, 0.29) is 0 Å². The third-order valence-electron chi connectivity index (χ3n) is 3.11. The number of hydrogen-bond acceptors (Lipinski definition) is 3. The van der Waals surface area contributed by atoms with Crippen LogP contribution < -0.4 is 5.73 Å². The molecule has 76 valence electrons. The monoisotopic (exact) mass is 191 g/mol. The maximum Gasteiger partial charge on any atom is 0.220 e. The Morgan fingerprint density at radius 2 is 1.57 bits per heavy atom. The van der Waals surface area contributed by atoms with Gasteiger partial charge in [0.05, 0.1) is 0 Å². The van der Waals surface area contributed by atoms with E-state index in [9.17, 15) is 0 Å². The molecule has 1 aliphatic rings. The highest BCUT2D eigenvalue weighted by Gasteiger charge is 2.21. The fourth-order valence-electron chi connectivity index (χ4n) is 2.56. The van der Waals surface area contributed by atoms with Gasteiger partial charge in [0.1, 0.15) is 0 Å². The Balaban J connectivity index is 2.40. The summed E-state index contributed by atoms with van der Waals surface area (Å²) in [5.41, 5.74) is 9.09. The molecule has 0 aliphatic heterocycles. The predicted octanol–water partition coefficient (Wildman–Crippen LogP) is 2.33. The standard InChI is InChI=1S/C11H17N3/c1-7-10(9-5-3-4-6-9)8(2)14-11(12)13-7/h9H,3-6H2,1-2H3,(H2,12,13,14). The molecule has 3 heteroatoms. The maximum absolute atomic E-state index is 5.60. The summed E-state index contributed by atoms with van der Waals surface area (Å²) < 4.78 is 0. The molecule has 3 nitrogen and oxygen atoms in total. The molecule has 1 aromatic rings. The quantitative estimate of drug-likeness (QED) is 0.741. The van der Waals surface area contributed by atoms with E-state index in [1.54, 1.807) is 0 Å². The van der Waals surface area contributed by atoms with Gasteiger partial charge in [-0.25, -0.2) is 9.97 Å². The fourth-order valence-corrected chi connectivity index (χ4v) is 2.56. The second kappa shape index (κ2) is 3.56. The third kappa shape index (κ3) is 1.59. The SMILES string of the molecule is Cc1nc(N)nc(C)c1C1CCCC1. The number of anilines is 1. The second-order valence-electron chi connectivity index (χ2n) is 4.15. The molecule has 0 aromatic carbocycles. The van der Waals surface area contributed by atoms with Crippen LogP contribution in [0.25, 0.3) is 0 Å². The first-order valence-electron chi connectivity index (χ1n) is 5.29. The minimum absolute atomic E-state index is 0.404. The molecule has 1 heterocycles. The van der Waals surface area contributed by atoms with E-state index in [1.165, 1.54) is 31.2 Å². The number of nitrogens with zero attached hydrogens (tertiary/aromatic N) is 2. The van der Waals surface area contributed by atoms with Crippen LogP contribution in [0.15, 0.2) is 0 Å². The van der Waals surface area contributed by atoms with Crippen molar-refractivity contribution in [3.8, 4) is 0 Å². The van der Waals surface area contributed by atoms with Gasteiger partial charge in [0.25, 0.3) is 0 Å². The molecule has 1 aromatic heterocycles. The number of nitrogen functional groups attached to an aromatic ring is 1. The Morgan fingerprint density at radius 1 is 1.07 bits per heavy atom. The van der Waals surface area contributed by atoms with Crippen molar-refractivity contribution >= 4 is 5.95 Å². The number of nitrogens with two attached hydrogens (primary N) is 1. The van der Waals surface area contributed by atoms with Gasteiger partial charge in [-0.2, -0.15) is 0 Å². The van der Waals surface area contributed by atoms with Crippen molar-refractivity contribution in [2.75, 3.05) is 5.73 Å². The minimum atomic E-state index is 0.404. The molecule has 0 unspecified atom stereocenters. The Kier molecular flexibility index (Phi) is 2.40. The Labute approximate surface area is 84.8 Å². The van der Waals surface area contributed by atoms with Crippen molar-refractivity contribution < 1.29 is 0 Å². The van der Waals surface area contributed by atoms with Gasteiger partial charge in [-0.3, -0.25) is 0 Å². The van der Waals surface area contributed by atoms with Gasteiger partial charge in [-0.1, -0.05) is 12.8 Å². The summed E-state index contributed by atoms with van der Waals surface area (Å²) in [5, 5.41) is 0. The Hall–Kier alpha value is -1.12.